The van der Waals surface area contributed by atoms with Gasteiger partial charge < -0.3 is 0 Å². The predicted octanol–water partition coefficient (Wildman–Crippen LogP) is -1.54. The summed E-state index contributed by atoms with van der Waals surface area (Å²) < 4.78 is 29.8. The van der Waals surface area contributed by atoms with Crippen LogP contribution in [0, 0.1) is 0 Å². The highest BCUT2D eigenvalue weighted by Crippen LogP contribution is 1.97. The number of hydrogen-bond donors (Lipinski definition) is 1. The molecule has 0 aliphatic rings. The van der Waals surface area contributed by atoms with Gasteiger partial charge in [-0.05, 0) is 10.4 Å². The van der Waals surface area contributed by atoms with Gasteiger partial charge in [-0.1, -0.05) is 5.10 Å². The first-order valence-corrected chi connectivity index (χ1v) is 3.65. The number of tetrazole rings is 1. The van der Waals surface area contributed by atoms with E-state index in [-0.39, 0.29) is 0 Å². The molecule has 1 N–H and O–H groups in total. The van der Waals surface area contributed by atoms with Gasteiger partial charge in [0.1, 0.15) is 0 Å². The molecule has 0 radical (unpaired) electrons. The highest BCUT2D eigenvalue weighted by Gasteiger charge is 2.16. The number of aryl methyl sites for hydroxylation is 1. The van der Waals surface area contributed by atoms with Crippen LogP contribution in [0.1, 0.15) is 0 Å². The summed E-state index contributed by atoms with van der Waals surface area (Å²) in [5.41, 5.74) is 0. The minimum absolute atomic E-state index is 0.562. The zero-order chi connectivity index (χ0) is 7.78. The van der Waals surface area contributed by atoms with Crippen LogP contribution in [-0.2, 0) is 17.2 Å². The fraction of sp³-hybridized carbons (Fsp3) is 0.500. The third-order valence-electron chi connectivity index (χ3n) is 0.812. The molecule has 1 rings (SSSR count). The van der Waals surface area contributed by atoms with Crippen molar-refractivity contribution in [2.75, 3.05) is 0 Å². The van der Waals surface area contributed by atoms with Gasteiger partial charge >= 0.3 is 10.1 Å². The lowest BCUT2D eigenvalue weighted by Gasteiger charge is -1.89. The van der Waals surface area contributed by atoms with E-state index in [2.05, 4.69) is 15.5 Å². The van der Waals surface area contributed by atoms with Crippen LogP contribution in [0.2, 0.25) is 0 Å². The summed E-state index contributed by atoms with van der Waals surface area (Å²) in [5, 5.41) is 8.70. The SMILES string of the molecule is Cn1nnnc1S(=O)(=O)O. The van der Waals surface area contributed by atoms with Crippen molar-refractivity contribution in [3.05, 3.63) is 0 Å². The normalized spacial score (nSPS) is 11.8. The number of rotatable bonds is 1. The molecule has 7 nitrogen and oxygen atoms in total. The van der Waals surface area contributed by atoms with E-state index in [1.807, 2.05) is 0 Å². The first-order chi connectivity index (χ1) is 4.52. The molecule has 0 fully saturated rings. The summed E-state index contributed by atoms with van der Waals surface area (Å²) in [4.78, 5) is 0. The molecule has 56 valence electrons. The maximum atomic E-state index is 10.3. The molecule has 0 saturated heterocycles. The van der Waals surface area contributed by atoms with E-state index in [0.717, 1.165) is 4.68 Å². The fourth-order valence-corrected chi connectivity index (χ4v) is 0.950. The third kappa shape index (κ3) is 1.11. The largest absolute Gasteiger partial charge is 0.332 e. The number of hydrogen-bond acceptors (Lipinski definition) is 5. The summed E-state index contributed by atoms with van der Waals surface area (Å²) in [5.74, 6) is 0. The summed E-state index contributed by atoms with van der Waals surface area (Å²) in [7, 11) is -2.95. The Morgan fingerprint density at radius 1 is 1.60 bits per heavy atom. The van der Waals surface area contributed by atoms with Crippen LogP contribution >= 0.6 is 0 Å². The van der Waals surface area contributed by atoms with Gasteiger partial charge in [0.2, 0.25) is 0 Å². The molecule has 0 aromatic carbocycles. The second kappa shape index (κ2) is 1.99. The molecule has 0 spiro atoms. The molecule has 8 heteroatoms. The summed E-state index contributed by atoms with van der Waals surface area (Å²) >= 11 is 0. The predicted molar refractivity (Wildman–Crippen MR) is 28.6 cm³/mol. The average Bonchev–Trinajstić information content (AvgIpc) is 2.11. The molecule has 1 aromatic heterocycles. The Kier molecular flexibility index (Phi) is 1.41. The van der Waals surface area contributed by atoms with Crippen LogP contribution < -0.4 is 0 Å². The van der Waals surface area contributed by atoms with Crippen molar-refractivity contribution >= 4 is 10.1 Å². The maximum absolute atomic E-state index is 10.3. The van der Waals surface area contributed by atoms with E-state index in [1.165, 1.54) is 7.05 Å². The van der Waals surface area contributed by atoms with Gasteiger partial charge in [0, 0.05) is 7.05 Å². The fourth-order valence-electron chi connectivity index (χ4n) is 0.440. The summed E-state index contributed by atoms with van der Waals surface area (Å²) in [6, 6.07) is 0. The Bertz CT molecular complexity index is 326. The van der Waals surface area contributed by atoms with Crippen molar-refractivity contribution < 1.29 is 13.0 Å². The van der Waals surface area contributed by atoms with Crippen molar-refractivity contribution in [1.82, 2.24) is 20.2 Å². The summed E-state index contributed by atoms with van der Waals surface area (Å²) in [6.07, 6.45) is 0. The Morgan fingerprint density at radius 2 is 2.20 bits per heavy atom. The van der Waals surface area contributed by atoms with E-state index in [0.29, 0.717) is 0 Å². The standard InChI is InChI=1S/C2H4N4O3S/c1-6-2(3-4-5-6)10(7,8)9/h1H3,(H,7,8,9). The van der Waals surface area contributed by atoms with Gasteiger partial charge in [0.05, 0.1) is 0 Å². The van der Waals surface area contributed by atoms with E-state index >= 15 is 0 Å². The minimum Gasteiger partial charge on any atom is -0.279 e. The average molecular weight is 164 g/mol. The van der Waals surface area contributed by atoms with Crippen LogP contribution in [0.5, 0.6) is 0 Å². The molecule has 0 aliphatic carbocycles. The number of nitrogens with zero attached hydrogens (tertiary/aromatic N) is 4. The smallest absolute Gasteiger partial charge is 0.279 e. The van der Waals surface area contributed by atoms with Gasteiger partial charge in [-0.3, -0.25) is 4.55 Å². The Balaban J connectivity index is 3.32. The van der Waals surface area contributed by atoms with Crippen LogP contribution in [0.4, 0.5) is 0 Å². The zero-order valence-corrected chi connectivity index (χ0v) is 5.78. The molecule has 0 aliphatic heterocycles. The lowest BCUT2D eigenvalue weighted by molar-refractivity contribution is 0.464. The highest BCUT2D eigenvalue weighted by molar-refractivity contribution is 7.85. The van der Waals surface area contributed by atoms with Crippen LogP contribution in [-0.4, -0.2) is 33.2 Å². The van der Waals surface area contributed by atoms with E-state index in [4.69, 9.17) is 4.55 Å². The molecule has 10 heavy (non-hydrogen) atoms. The van der Waals surface area contributed by atoms with Crippen molar-refractivity contribution in [2.24, 2.45) is 7.05 Å². The molecule has 0 saturated carbocycles. The first kappa shape index (κ1) is 7.09. The molecule has 0 bridgehead atoms. The maximum Gasteiger partial charge on any atom is 0.332 e. The van der Waals surface area contributed by atoms with E-state index in [9.17, 15) is 8.42 Å². The van der Waals surface area contributed by atoms with Gasteiger partial charge in [0.15, 0.2) is 0 Å². The van der Waals surface area contributed by atoms with Crippen molar-refractivity contribution in [3.8, 4) is 0 Å². The second-order valence-electron chi connectivity index (χ2n) is 1.56. The first-order valence-electron chi connectivity index (χ1n) is 2.21. The Labute approximate surface area is 56.4 Å². The molecular formula is C2H4N4O3S. The molecule has 1 heterocycles. The number of aromatic nitrogens is 4. The molecular weight excluding hydrogens is 160 g/mol. The van der Waals surface area contributed by atoms with Gasteiger partial charge in [-0.25, -0.2) is 4.68 Å². The minimum atomic E-state index is -4.26. The summed E-state index contributed by atoms with van der Waals surface area (Å²) in [6.45, 7) is 0. The highest BCUT2D eigenvalue weighted by atomic mass is 32.2. The van der Waals surface area contributed by atoms with Crippen LogP contribution in [0.15, 0.2) is 5.16 Å². The zero-order valence-electron chi connectivity index (χ0n) is 4.96. The second-order valence-corrected chi connectivity index (χ2v) is 2.88. The van der Waals surface area contributed by atoms with Gasteiger partial charge in [0.25, 0.3) is 5.16 Å². The topological polar surface area (TPSA) is 98.0 Å². The third-order valence-corrected chi connectivity index (χ3v) is 1.62. The molecule has 1 aromatic rings. The monoisotopic (exact) mass is 164 g/mol. The molecule has 0 atom stereocenters. The lowest BCUT2D eigenvalue weighted by Crippen LogP contribution is -2.07. The van der Waals surface area contributed by atoms with Gasteiger partial charge in [-0.2, -0.15) is 8.42 Å². The van der Waals surface area contributed by atoms with Gasteiger partial charge in [-0.15, -0.1) is 0 Å². The van der Waals surface area contributed by atoms with Crippen molar-refractivity contribution in [2.45, 2.75) is 5.16 Å². The van der Waals surface area contributed by atoms with Crippen LogP contribution in [0.25, 0.3) is 0 Å². The van der Waals surface area contributed by atoms with Crippen molar-refractivity contribution in [1.29, 1.82) is 0 Å². The van der Waals surface area contributed by atoms with Crippen molar-refractivity contribution in [3.63, 3.8) is 0 Å². The quantitative estimate of drug-likeness (QED) is 0.505. The Hall–Kier alpha value is -1.02. The molecule has 0 unspecified atom stereocenters. The van der Waals surface area contributed by atoms with Crippen LogP contribution in [0.3, 0.4) is 0 Å². The Morgan fingerprint density at radius 3 is 2.40 bits per heavy atom. The lowest BCUT2D eigenvalue weighted by atomic mass is 11.2. The van der Waals surface area contributed by atoms with E-state index < -0.39 is 15.3 Å². The molecule has 0 amide bonds. The van der Waals surface area contributed by atoms with E-state index in [1.54, 1.807) is 0 Å².